The molecule has 1 unspecified atom stereocenters. The van der Waals surface area contributed by atoms with Crippen LogP contribution in [0.15, 0.2) is 24.3 Å². The summed E-state index contributed by atoms with van der Waals surface area (Å²) in [7, 11) is 1.74. The molecule has 0 saturated carbocycles. The Labute approximate surface area is 114 Å². The minimum absolute atomic E-state index is 0.565. The summed E-state index contributed by atoms with van der Waals surface area (Å²) in [4.78, 5) is 0.565. The molecule has 0 amide bonds. The van der Waals surface area contributed by atoms with E-state index in [9.17, 15) is 0 Å². The van der Waals surface area contributed by atoms with Crippen LogP contribution in [0.25, 0.3) is 0 Å². The third-order valence-corrected chi connectivity index (χ3v) is 3.79. The van der Waals surface area contributed by atoms with E-state index in [2.05, 4.69) is 35.0 Å². The zero-order valence-electron chi connectivity index (χ0n) is 10.9. The Kier molecular flexibility index (Phi) is 7.34. The van der Waals surface area contributed by atoms with E-state index < -0.39 is 0 Å². The molecule has 0 spiro atoms. The SMILES string of the molecule is CCCCCCC(Br)Cc1ccccc1OC. The van der Waals surface area contributed by atoms with E-state index in [0.717, 1.165) is 12.2 Å². The first-order valence-corrected chi connectivity index (χ1v) is 7.45. The molecule has 1 nitrogen and oxygen atoms in total. The zero-order chi connectivity index (χ0) is 12.5. The Morgan fingerprint density at radius 2 is 1.94 bits per heavy atom. The Hall–Kier alpha value is -0.500. The lowest BCUT2D eigenvalue weighted by molar-refractivity contribution is 0.409. The normalized spacial score (nSPS) is 12.4. The van der Waals surface area contributed by atoms with E-state index in [1.165, 1.54) is 37.7 Å². The Balaban J connectivity index is 2.36. The topological polar surface area (TPSA) is 9.23 Å². The van der Waals surface area contributed by atoms with E-state index in [4.69, 9.17) is 4.74 Å². The van der Waals surface area contributed by atoms with E-state index in [0.29, 0.717) is 4.83 Å². The van der Waals surface area contributed by atoms with E-state index in [1.54, 1.807) is 7.11 Å². The van der Waals surface area contributed by atoms with Gasteiger partial charge in [0.15, 0.2) is 0 Å². The summed E-state index contributed by atoms with van der Waals surface area (Å²) in [5.41, 5.74) is 1.30. The summed E-state index contributed by atoms with van der Waals surface area (Å²) in [5.74, 6) is 1.01. The van der Waals surface area contributed by atoms with Crippen LogP contribution in [0.5, 0.6) is 5.75 Å². The predicted molar refractivity (Wildman–Crippen MR) is 78.2 cm³/mol. The van der Waals surface area contributed by atoms with Crippen molar-refractivity contribution in [2.24, 2.45) is 0 Å². The first-order valence-electron chi connectivity index (χ1n) is 6.54. The van der Waals surface area contributed by atoms with Crippen LogP contribution < -0.4 is 4.74 Å². The summed E-state index contributed by atoms with van der Waals surface area (Å²) in [6.07, 6.45) is 7.63. The highest BCUT2D eigenvalue weighted by atomic mass is 79.9. The maximum absolute atomic E-state index is 5.37. The van der Waals surface area contributed by atoms with Gasteiger partial charge in [-0.15, -0.1) is 0 Å². The molecule has 2 heteroatoms. The molecule has 0 N–H and O–H groups in total. The van der Waals surface area contributed by atoms with Crippen LogP contribution in [0.4, 0.5) is 0 Å². The second-order valence-electron chi connectivity index (χ2n) is 4.46. The number of para-hydroxylation sites is 1. The van der Waals surface area contributed by atoms with Gasteiger partial charge in [-0.3, -0.25) is 0 Å². The minimum Gasteiger partial charge on any atom is -0.496 e. The molecule has 96 valence electrons. The highest BCUT2D eigenvalue weighted by molar-refractivity contribution is 9.09. The molecule has 0 aliphatic carbocycles. The molecule has 1 atom stereocenters. The van der Waals surface area contributed by atoms with Gasteiger partial charge in [0.25, 0.3) is 0 Å². The zero-order valence-corrected chi connectivity index (χ0v) is 12.5. The molecule has 0 radical (unpaired) electrons. The van der Waals surface area contributed by atoms with E-state index >= 15 is 0 Å². The van der Waals surface area contributed by atoms with Gasteiger partial charge in [0.2, 0.25) is 0 Å². The molecule has 0 heterocycles. The molecular weight excluding hydrogens is 276 g/mol. The average molecular weight is 299 g/mol. The number of halogens is 1. The lowest BCUT2D eigenvalue weighted by Gasteiger charge is -2.12. The number of hydrogen-bond acceptors (Lipinski definition) is 1. The largest absolute Gasteiger partial charge is 0.496 e. The average Bonchev–Trinajstić information content (AvgIpc) is 2.35. The highest BCUT2D eigenvalue weighted by Crippen LogP contribution is 2.23. The molecule has 0 aromatic heterocycles. The molecule has 17 heavy (non-hydrogen) atoms. The quantitative estimate of drug-likeness (QED) is 0.486. The lowest BCUT2D eigenvalue weighted by Crippen LogP contribution is -2.04. The third kappa shape index (κ3) is 5.58. The number of rotatable bonds is 8. The van der Waals surface area contributed by atoms with Gasteiger partial charge >= 0.3 is 0 Å². The van der Waals surface area contributed by atoms with Gasteiger partial charge in [0.1, 0.15) is 5.75 Å². The number of alkyl halides is 1. The molecule has 0 fully saturated rings. The van der Waals surface area contributed by atoms with E-state index in [1.807, 2.05) is 12.1 Å². The molecular formula is C15H23BrO. The van der Waals surface area contributed by atoms with Crippen molar-refractivity contribution in [3.8, 4) is 5.75 Å². The number of ether oxygens (including phenoxy) is 1. The fourth-order valence-electron chi connectivity index (χ4n) is 2.00. The van der Waals surface area contributed by atoms with Crippen molar-refractivity contribution in [1.82, 2.24) is 0 Å². The number of unbranched alkanes of at least 4 members (excludes halogenated alkanes) is 3. The van der Waals surface area contributed by atoms with Crippen molar-refractivity contribution >= 4 is 15.9 Å². The summed E-state index contributed by atoms with van der Waals surface area (Å²) in [6, 6.07) is 8.28. The molecule has 0 bridgehead atoms. The Morgan fingerprint density at radius 3 is 2.65 bits per heavy atom. The van der Waals surface area contributed by atoms with Gasteiger partial charge in [0, 0.05) is 4.83 Å². The van der Waals surface area contributed by atoms with Gasteiger partial charge in [-0.2, -0.15) is 0 Å². The van der Waals surface area contributed by atoms with Gasteiger partial charge < -0.3 is 4.74 Å². The Morgan fingerprint density at radius 1 is 1.18 bits per heavy atom. The van der Waals surface area contributed by atoms with Crippen molar-refractivity contribution in [3.05, 3.63) is 29.8 Å². The fraction of sp³-hybridized carbons (Fsp3) is 0.600. The van der Waals surface area contributed by atoms with E-state index in [-0.39, 0.29) is 0 Å². The standard InChI is InChI=1S/C15H23BrO/c1-3-4-5-6-10-14(16)12-13-9-7-8-11-15(13)17-2/h7-9,11,14H,3-6,10,12H2,1-2H3. The van der Waals surface area contributed by atoms with Crippen molar-refractivity contribution in [2.45, 2.75) is 50.3 Å². The third-order valence-electron chi connectivity index (χ3n) is 3.00. The van der Waals surface area contributed by atoms with Gasteiger partial charge in [-0.05, 0) is 24.5 Å². The summed E-state index contributed by atoms with van der Waals surface area (Å²) in [6.45, 7) is 2.25. The van der Waals surface area contributed by atoms with Gasteiger partial charge in [0.05, 0.1) is 7.11 Å². The monoisotopic (exact) mass is 298 g/mol. The summed E-state index contributed by atoms with van der Waals surface area (Å²) in [5, 5.41) is 0. The van der Waals surface area contributed by atoms with Crippen molar-refractivity contribution in [3.63, 3.8) is 0 Å². The summed E-state index contributed by atoms with van der Waals surface area (Å²) >= 11 is 3.77. The molecule has 1 rings (SSSR count). The maximum Gasteiger partial charge on any atom is 0.122 e. The van der Waals surface area contributed by atoms with Crippen molar-refractivity contribution in [2.75, 3.05) is 7.11 Å². The van der Waals surface area contributed by atoms with Crippen LogP contribution in [0.3, 0.4) is 0 Å². The molecule has 0 saturated heterocycles. The van der Waals surface area contributed by atoms with Crippen LogP contribution in [0.2, 0.25) is 0 Å². The van der Waals surface area contributed by atoms with Crippen LogP contribution in [0, 0.1) is 0 Å². The maximum atomic E-state index is 5.37. The molecule has 0 aliphatic heterocycles. The van der Waals surface area contributed by atoms with Gasteiger partial charge in [-0.25, -0.2) is 0 Å². The fourth-order valence-corrected chi connectivity index (χ4v) is 2.68. The van der Waals surface area contributed by atoms with Crippen molar-refractivity contribution < 1.29 is 4.74 Å². The lowest BCUT2D eigenvalue weighted by atomic mass is 10.0. The second kappa shape index (κ2) is 8.57. The minimum atomic E-state index is 0.565. The highest BCUT2D eigenvalue weighted by Gasteiger charge is 2.08. The summed E-state index contributed by atoms with van der Waals surface area (Å²) < 4.78 is 5.37. The van der Waals surface area contributed by atoms with Crippen LogP contribution in [-0.4, -0.2) is 11.9 Å². The molecule has 1 aromatic carbocycles. The molecule has 1 aromatic rings. The predicted octanol–water partition coefficient (Wildman–Crippen LogP) is 4.97. The number of hydrogen-bond donors (Lipinski definition) is 0. The first-order chi connectivity index (χ1) is 8.27. The second-order valence-corrected chi connectivity index (χ2v) is 5.76. The first kappa shape index (κ1) is 14.6. The number of methoxy groups -OCH3 is 1. The van der Waals surface area contributed by atoms with Crippen LogP contribution in [-0.2, 0) is 6.42 Å². The van der Waals surface area contributed by atoms with Gasteiger partial charge in [-0.1, -0.05) is 66.7 Å². The number of benzene rings is 1. The smallest absolute Gasteiger partial charge is 0.122 e. The Bertz CT molecular complexity index is 312. The van der Waals surface area contributed by atoms with Crippen LogP contribution >= 0.6 is 15.9 Å². The van der Waals surface area contributed by atoms with Crippen LogP contribution in [0.1, 0.15) is 44.6 Å². The molecule has 0 aliphatic rings. The van der Waals surface area contributed by atoms with Crippen molar-refractivity contribution in [1.29, 1.82) is 0 Å².